The summed E-state index contributed by atoms with van der Waals surface area (Å²) in [5, 5.41) is 7.60. The molecule has 0 spiro atoms. The second-order valence-corrected chi connectivity index (χ2v) is 7.79. The number of anilines is 1. The summed E-state index contributed by atoms with van der Waals surface area (Å²) < 4.78 is 16.6. The van der Waals surface area contributed by atoms with E-state index >= 15 is 0 Å². The molecule has 0 bridgehead atoms. The number of benzene rings is 2. The summed E-state index contributed by atoms with van der Waals surface area (Å²) >= 11 is 11.7. The van der Waals surface area contributed by atoms with Crippen LogP contribution in [0.25, 0.3) is 0 Å². The number of ether oxygens (including phenoxy) is 3. The minimum absolute atomic E-state index is 0.0170. The summed E-state index contributed by atoms with van der Waals surface area (Å²) in [5.41, 5.74) is 1.52. The van der Waals surface area contributed by atoms with E-state index in [4.69, 9.17) is 38.0 Å². The highest BCUT2D eigenvalue weighted by Crippen LogP contribution is 2.41. The Morgan fingerprint density at radius 2 is 1.96 bits per heavy atom. The lowest BCUT2D eigenvalue weighted by Crippen LogP contribution is -2.42. The van der Waals surface area contributed by atoms with Gasteiger partial charge in [-0.25, -0.2) is 0 Å². The van der Waals surface area contributed by atoms with E-state index in [1.54, 1.807) is 26.4 Å². The predicted molar refractivity (Wildman–Crippen MR) is 112 cm³/mol. The molecule has 0 saturated heterocycles. The Hall–Kier alpha value is -2.18. The van der Waals surface area contributed by atoms with Crippen molar-refractivity contribution >= 4 is 34.6 Å². The molecule has 2 N–H and O–H groups in total. The van der Waals surface area contributed by atoms with Crippen LogP contribution in [0.15, 0.2) is 36.4 Å². The van der Waals surface area contributed by atoms with E-state index in [9.17, 15) is 0 Å². The van der Waals surface area contributed by atoms with Crippen LogP contribution in [0.2, 0.25) is 5.02 Å². The van der Waals surface area contributed by atoms with Crippen LogP contribution in [-0.4, -0.2) is 24.9 Å². The van der Waals surface area contributed by atoms with Crippen LogP contribution < -0.4 is 24.8 Å². The van der Waals surface area contributed by atoms with Gasteiger partial charge in [0.15, 0.2) is 5.11 Å². The van der Waals surface area contributed by atoms with Crippen molar-refractivity contribution in [1.29, 1.82) is 0 Å². The Kier molecular flexibility index (Phi) is 5.67. The molecule has 1 heterocycles. The van der Waals surface area contributed by atoms with Crippen molar-refractivity contribution in [2.75, 3.05) is 19.5 Å². The van der Waals surface area contributed by atoms with E-state index in [-0.39, 0.29) is 11.6 Å². The van der Waals surface area contributed by atoms with Gasteiger partial charge in [0.05, 0.1) is 25.3 Å². The van der Waals surface area contributed by atoms with Crippen LogP contribution in [-0.2, 0) is 0 Å². The first-order valence-corrected chi connectivity index (χ1v) is 9.38. The number of fused-ring (bicyclic) bond motifs is 1. The van der Waals surface area contributed by atoms with Crippen molar-refractivity contribution in [3.8, 4) is 17.2 Å². The molecule has 0 unspecified atom stereocenters. The average Bonchev–Trinajstić information content (AvgIpc) is 2.60. The van der Waals surface area contributed by atoms with Crippen molar-refractivity contribution in [1.82, 2.24) is 5.32 Å². The van der Waals surface area contributed by atoms with Gasteiger partial charge < -0.3 is 24.8 Å². The van der Waals surface area contributed by atoms with Crippen LogP contribution in [0.5, 0.6) is 17.2 Å². The summed E-state index contributed by atoms with van der Waals surface area (Å²) in [5.74, 6) is 2.19. The van der Waals surface area contributed by atoms with Crippen LogP contribution in [0.4, 0.5) is 5.69 Å². The molecule has 1 aliphatic heterocycles. The number of nitrogens with one attached hydrogen (secondary N) is 2. The lowest BCUT2D eigenvalue weighted by atomic mass is 9.89. The third-order valence-electron chi connectivity index (χ3n) is 4.39. The van der Waals surface area contributed by atoms with Gasteiger partial charge in [0.25, 0.3) is 0 Å². The van der Waals surface area contributed by atoms with E-state index in [2.05, 4.69) is 24.5 Å². The molecule has 5 nitrogen and oxygen atoms in total. The molecule has 3 rings (SSSR count). The van der Waals surface area contributed by atoms with Gasteiger partial charge in [-0.3, -0.25) is 0 Å². The van der Waals surface area contributed by atoms with Crippen molar-refractivity contribution in [2.45, 2.75) is 31.9 Å². The molecule has 2 aromatic rings. The van der Waals surface area contributed by atoms with E-state index in [1.807, 2.05) is 24.3 Å². The topological polar surface area (TPSA) is 51.8 Å². The molecule has 0 fully saturated rings. The summed E-state index contributed by atoms with van der Waals surface area (Å²) in [6.07, 6.45) is 0.775. The molecular weight excluding hydrogens is 384 g/mol. The molecule has 2 aromatic carbocycles. The zero-order valence-corrected chi connectivity index (χ0v) is 17.3. The smallest absolute Gasteiger partial charge is 0.171 e. The maximum Gasteiger partial charge on any atom is 0.171 e. The lowest BCUT2D eigenvalue weighted by molar-refractivity contribution is 0.0693. The number of halogens is 1. The van der Waals surface area contributed by atoms with Crippen molar-refractivity contribution < 1.29 is 14.2 Å². The fourth-order valence-electron chi connectivity index (χ4n) is 3.16. The second-order valence-electron chi connectivity index (χ2n) is 6.97. The van der Waals surface area contributed by atoms with E-state index in [1.165, 1.54) is 0 Å². The molecule has 7 heteroatoms. The summed E-state index contributed by atoms with van der Waals surface area (Å²) in [6.45, 7) is 4.12. The van der Waals surface area contributed by atoms with Gasteiger partial charge in [-0.1, -0.05) is 11.6 Å². The monoisotopic (exact) mass is 406 g/mol. The van der Waals surface area contributed by atoms with Crippen LogP contribution in [0.3, 0.4) is 0 Å². The van der Waals surface area contributed by atoms with Crippen molar-refractivity contribution in [2.24, 2.45) is 0 Å². The minimum atomic E-state index is -0.323. The van der Waals surface area contributed by atoms with Gasteiger partial charge in [0.1, 0.15) is 22.8 Å². The lowest BCUT2D eigenvalue weighted by Gasteiger charge is -2.38. The van der Waals surface area contributed by atoms with Crippen LogP contribution in [0, 0.1) is 0 Å². The summed E-state index contributed by atoms with van der Waals surface area (Å²) in [6, 6.07) is 11.3. The maximum atomic E-state index is 6.18. The molecule has 0 aromatic heterocycles. The second kappa shape index (κ2) is 7.82. The molecule has 0 aliphatic carbocycles. The Morgan fingerprint density at radius 3 is 2.63 bits per heavy atom. The van der Waals surface area contributed by atoms with E-state index in [0.717, 1.165) is 29.2 Å². The molecular formula is C20H23ClN2O3S. The number of hydrogen-bond acceptors (Lipinski definition) is 4. The molecule has 144 valence electrons. The first kappa shape index (κ1) is 19.6. The normalized spacial score (nSPS) is 17.3. The Balaban J connectivity index is 1.76. The first-order chi connectivity index (χ1) is 12.8. The highest BCUT2D eigenvalue weighted by Gasteiger charge is 2.34. The number of thiocarbonyl (C=S) groups is 1. The third kappa shape index (κ3) is 4.57. The van der Waals surface area contributed by atoms with Gasteiger partial charge in [0, 0.05) is 23.7 Å². The summed E-state index contributed by atoms with van der Waals surface area (Å²) in [7, 11) is 3.23. The molecule has 1 aliphatic rings. The highest BCUT2D eigenvalue weighted by atomic mass is 35.5. The fourth-order valence-corrected chi connectivity index (χ4v) is 3.67. The standard InChI is InChI=1S/C20H23ClN2O3S/c1-20(2)11-16(14-7-6-13(24-3)10-18(14)26-20)23-19(27)22-12-5-8-17(25-4)15(21)9-12/h5-10,16H,11H2,1-4H3,(H2,22,23,27)/t16-/m1/s1. The Bertz CT molecular complexity index is 857. The maximum absolute atomic E-state index is 6.18. The number of methoxy groups -OCH3 is 2. The fraction of sp³-hybridized carbons (Fsp3) is 0.350. The zero-order chi connectivity index (χ0) is 19.6. The molecule has 0 amide bonds. The first-order valence-electron chi connectivity index (χ1n) is 8.59. The predicted octanol–water partition coefficient (Wildman–Crippen LogP) is 4.95. The highest BCUT2D eigenvalue weighted by molar-refractivity contribution is 7.80. The van der Waals surface area contributed by atoms with Crippen molar-refractivity contribution in [3.05, 3.63) is 47.0 Å². The van der Waals surface area contributed by atoms with Crippen LogP contribution in [0.1, 0.15) is 31.9 Å². The summed E-state index contributed by atoms with van der Waals surface area (Å²) in [4.78, 5) is 0. The average molecular weight is 407 g/mol. The third-order valence-corrected chi connectivity index (χ3v) is 4.91. The SMILES string of the molecule is COc1ccc2c(c1)OC(C)(C)C[C@H]2NC(=S)Nc1ccc(OC)c(Cl)c1. The molecule has 27 heavy (non-hydrogen) atoms. The largest absolute Gasteiger partial charge is 0.497 e. The minimum Gasteiger partial charge on any atom is -0.497 e. The zero-order valence-electron chi connectivity index (χ0n) is 15.8. The molecule has 1 atom stereocenters. The van der Waals surface area contributed by atoms with Crippen LogP contribution >= 0.6 is 23.8 Å². The van der Waals surface area contributed by atoms with E-state index in [0.29, 0.717) is 15.9 Å². The van der Waals surface area contributed by atoms with Gasteiger partial charge >= 0.3 is 0 Å². The van der Waals surface area contributed by atoms with Gasteiger partial charge in [-0.2, -0.15) is 0 Å². The number of hydrogen-bond donors (Lipinski definition) is 2. The molecule has 0 radical (unpaired) electrons. The van der Waals surface area contributed by atoms with Gasteiger partial charge in [-0.05, 0) is 56.4 Å². The van der Waals surface area contributed by atoms with Gasteiger partial charge in [0.2, 0.25) is 0 Å². The number of rotatable bonds is 4. The Morgan fingerprint density at radius 1 is 1.19 bits per heavy atom. The Labute approximate surface area is 170 Å². The quantitative estimate of drug-likeness (QED) is 0.701. The molecule has 0 saturated carbocycles. The van der Waals surface area contributed by atoms with Crippen molar-refractivity contribution in [3.63, 3.8) is 0 Å². The van der Waals surface area contributed by atoms with E-state index < -0.39 is 0 Å². The van der Waals surface area contributed by atoms with Gasteiger partial charge in [-0.15, -0.1) is 0 Å².